The molecule has 0 saturated carbocycles. The summed E-state index contributed by atoms with van der Waals surface area (Å²) in [6.45, 7) is 1.28. The molecule has 0 spiro atoms. The van der Waals surface area contributed by atoms with Crippen molar-refractivity contribution in [3.05, 3.63) is 23.8 Å². The lowest BCUT2D eigenvalue weighted by Gasteiger charge is -2.26. The van der Waals surface area contributed by atoms with Gasteiger partial charge in [0, 0.05) is 13.1 Å². The lowest BCUT2D eigenvalue weighted by Crippen LogP contribution is -2.45. The molecule has 2 rings (SSSR count). The molecular formula is C13H18N2O5S. The second kappa shape index (κ2) is 6.42. The number of methoxy groups -OCH3 is 1. The zero-order chi connectivity index (χ0) is 15.5. The van der Waals surface area contributed by atoms with Crippen LogP contribution in [0.3, 0.4) is 0 Å². The Balaban J connectivity index is 2.32. The first-order chi connectivity index (χ1) is 9.94. The van der Waals surface area contributed by atoms with Crippen molar-refractivity contribution in [1.82, 2.24) is 9.84 Å². The molecule has 2 N–H and O–H groups in total. The Hall–Kier alpha value is -1.64. The molecule has 8 heteroatoms. The van der Waals surface area contributed by atoms with Gasteiger partial charge in [0.25, 0.3) is 10.0 Å². The highest BCUT2D eigenvalue weighted by atomic mass is 32.2. The molecule has 0 radical (unpaired) electrons. The highest BCUT2D eigenvalue weighted by molar-refractivity contribution is 7.89. The Bertz CT molecular complexity index is 623. The molecule has 1 heterocycles. The number of nitrogens with zero attached hydrogens (tertiary/aromatic N) is 1. The minimum Gasteiger partial charge on any atom is -0.495 e. The van der Waals surface area contributed by atoms with Gasteiger partial charge in [-0.15, -0.1) is 4.83 Å². The van der Waals surface area contributed by atoms with Crippen molar-refractivity contribution in [3.63, 3.8) is 0 Å². The average molecular weight is 314 g/mol. The van der Waals surface area contributed by atoms with Crippen molar-refractivity contribution in [2.45, 2.75) is 24.2 Å². The van der Waals surface area contributed by atoms with E-state index in [0.29, 0.717) is 13.1 Å². The van der Waals surface area contributed by atoms with Crippen LogP contribution in [0.1, 0.15) is 29.6 Å². The molecule has 0 aromatic heterocycles. The zero-order valence-corrected chi connectivity index (χ0v) is 12.5. The van der Waals surface area contributed by atoms with Gasteiger partial charge in [-0.25, -0.2) is 18.2 Å². The molecule has 1 fully saturated rings. The first kappa shape index (κ1) is 15.7. The molecule has 0 atom stereocenters. The van der Waals surface area contributed by atoms with Crippen molar-refractivity contribution in [1.29, 1.82) is 0 Å². The van der Waals surface area contributed by atoms with E-state index >= 15 is 0 Å². The Morgan fingerprint density at radius 2 is 1.95 bits per heavy atom. The van der Waals surface area contributed by atoms with Crippen LogP contribution in [0.2, 0.25) is 0 Å². The number of carbonyl (C=O) groups is 1. The Morgan fingerprint density at radius 3 is 2.52 bits per heavy atom. The molecule has 1 aromatic carbocycles. The molecular weight excluding hydrogens is 296 g/mol. The second-order valence-electron chi connectivity index (χ2n) is 4.81. The minimum absolute atomic E-state index is 0.102. The molecule has 0 unspecified atom stereocenters. The molecule has 21 heavy (non-hydrogen) atoms. The van der Waals surface area contributed by atoms with Crippen LogP contribution in [0, 0.1) is 0 Å². The third-order valence-electron chi connectivity index (χ3n) is 3.31. The quantitative estimate of drug-likeness (QED) is 0.844. The fourth-order valence-corrected chi connectivity index (χ4v) is 3.54. The van der Waals surface area contributed by atoms with Crippen LogP contribution in [-0.4, -0.2) is 44.7 Å². The van der Waals surface area contributed by atoms with E-state index in [1.165, 1.54) is 19.2 Å². The number of benzene rings is 1. The van der Waals surface area contributed by atoms with Gasteiger partial charge in [0.1, 0.15) is 10.6 Å². The largest absolute Gasteiger partial charge is 0.495 e. The van der Waals surface area contributed by atoms with E-state index in [2.05, 4.69) is 4.83 Å². The molecule has 0 amide bonds. The molecule has 7 nitrogen and oxygen atoms in total. The molecule has 1 saturated heterocycles. The van der Waals surface area contributed by atoms with Crippen LogP contribution in [-0.2, 0) is 10.0 Å². The van der Waals surface area contributed by atoms with Crippen LogP contribution in [0.4, 0.5) is 0 Å². The summed E-state index contributed by atoms with van der Waals surface area (Å²) in [6.07, 6.45) is 2.93. The number of sulfonamides is 1. The van der Waals surface area contributed by atoms with E-state index in [4.69, 9.17) is 9.84 Å². The smallest absolute Gasteiger partial charge is 0.335 e. The number of carboxylic acids is 1. The summed E-state index contributed by atoms with van der Waals surface area (Å²) in [7, 11) is -2.53. The van der Waals surface area contributed by atoms with E-state index in [9.17, 15) is 13.2 Å². The summed E-state index contributed by atoms with van der Waals surface area (Å²) >= 11 is 0. The lowest BCUT2D eigenvalue weighted by molar-refractivity contribution is 0.0696. The molecule has 1 aliphatic heterocycles. The molecule has 0 aliphatic carbocycles. The number of aromatic carboxylic acids is 1. The summed E-state index contributed by atoms with van der Waals surface area (Å²) < 4.78 is 29.9. The normalized spacial score (nSPS) is 16.6. The maximum atomic E-state index is 12.4. The molecule has 116 valence electrons. The van der Waals surface area contributed by atoms with Gasteiger partial charge in [0.05, 0.1) is 12.7 Å². The number of hydrazine groups is 1. The van der Waals surface area contributed by atoms with Gasteiger partial charge in [-0.2, -0.15) is 0 Å². The Labute approximate surface area is 123 Å². The summed E-state index contributed by atoms with van der Waals surface area (Å²) in [6, 6.07) is 3.75. The fraction of sp³-hybridized carbons (Fsp3) is 0.462. The SMILES string of the molecule is COc1ccc(C(=O)O)cc1S(=O)(=O)NN1CCCCC1. The number of hydrogen-bond acceptors (Lipinski definition) is 5. The third kappa shape index (κ3) is 3.72. The van der Waals surface area contributed by atoms with Gasteiger partial charge in [0.15, 0.2) is 0 Å². The second-order valence-corrected chi connectivity index (χ2v) is 6.44. The fourth-order valence-electron chi connectivity index (χ4n) is 2.22. The number of rotatable bonds is 5. The number of carboxylic acid groups (broad SMARTS) is 1. The van der Waals surface area contributed by atoms with E-state index in [1.807, 2.05) is 0 Å². The average Bonchev–Trinajstić information content (AvgIpc) is 2.47. The van der Waals surface area contributed by atoms with Crippen LogP contribution < -0.4 is 9.57 Å². The van der Waals surface area contributed by atoms with Crippen molar-refractivity contribution in [3.8, 4) is 5.75 Å². The summed E-state index contributed by atoms with van der Waals surface area (Å²) in [4.78, 5) is 13.3. The number of hydrogen-bond donors (Lipinski definition) is 2. The van der Waals surface area contributed by atoms with Gasteiger partial charge in [-0.1, -0.05) is 6.42 Å². The molecule has 0 bridgehead atoms. The van der Waals surface area contributed by atoms with E-state index in [1.54, 1.807) is 5.01 Å². The van der Waals surface area contributed by atoms with Gasteiger partial charge in [-0.3, -0.25) is 0 Å². The Morgan fingerprint density at radius 1 is 1.29 bits per heavy atom. The highest BCUT2D eigenvalue weighted by Gasteiger charge is 2.24. The van der Waals surface area contributed by atoms with Gasteiger partial charge >= 0.3 is 5.97 Å². The Kier molecular flexibility index (Phi) is 4.81. The maximum absolute atomic E-state index is 12.4. The van der Waals surface area contributed by atoms with Crippen LogP contribution in [0.15, 0.2) is 23.1 Å². The number of ether oxygens (including phenoxy) is 1. The topological polar surface area (TPSA) is 95.9 Å². The standard InChI is InChI=1S/C13H18N2O5S/c1-20-11-6-5-10(13(16)17)9-12(11)21(18,19)14-15-7-3-2-4-8-15/h5-6,9,14H,2-4,7-8H2,1H3,(H,16,17). The van der Waals surface area contributed by atoms with E-state index in [0.717, 1.165) is 25.3 Å². The van der Waals surface area contributed by atoms with Crippen LogP contribution >= 0.6 is 0 Å². The van der Waals surface area contributed by atoms with E-state index < -0.39 is 16.0 Å². The summed E-state index contributed by atoms with van der Waals surface area (Å²) in [5, 5.41) is 10.6. The maximum Gasteiger partial charge on any atom is 0.335 e. The minimum atomic E-state index is -3.87. The van der Waals surface area contributed by atoms with E-state index in [-0.39, 0.29) is 16.2 Å². The van der Waals surface area contributed by atoms with Crippen molar-refractivity contribution < 1.29 is 23.1 Å². The third-order valence-corrected chi connectivity index (χ3v) is 4.70. The van der Waals surface area contributed by atoms with Gasteiger partial charge in [0.2, 0.25) is 0 Å². The van der Waals surface area contributed by atoms with Gasteiger partial charge in [-0.05, 0) is 31.0 Å². The van der Waals surface area contributed by atoms with Crippen molar-refractivity contribution in [2.24, 2.45) is 0 Å². The first-order valence-electron chi connectivity index (χ1n) is 6.63. The predicted molar refractivity (Wildman–Crippen MR) is 75.7 cm³/mol. The van der Waals surface area contributed by atoms with Crippen LogP contribution in [0.5, 0.6) is 5.75 Å². The first-order valence-corrected chi connectivity index (χ1v) is 8.11. The summed E-state index contributed by atoms with van der Waals surface area (Å²) in [5.74, 6) is -1.07. The van der Waals surface area contributed by atoms with Crippen molar-refractivity contribution >= 4 is 16.0 Å². The summed E-state index contributed by atoms with van der Waals surface area (Å²) in [5.41, 5.74) is -0.102. The predicted octanol–water partition coefficient (Wildman–Crippen LogP) is 1.07. The highest BCUT2D eigenvalue weighted by Crippen LogP contribution is 2.25. The van der Waals surface area contributed by atoms with Gasteiger partial charge < -0.3 is 9.84 Å². The zero-order valence-electron chi connectivity index (χ0n) is 11.7. The van der Waals surface area contributed by atoms with Crippen molar-refractivity contribution in [2.75, 3.05) is 20.2 Å². The molecule has 1 aromatic rings. The van der Waals surface area contributed by atoms with Crippen LogP contribution in [0.25, 0.3) is 0 Å². The number of piperidine rings is 1. The number of nitrogens with one attached hydrogen (secondary N) is 1. The molecule has 1 aliphatic rings. The monoisotopic (exact) mass is 314 g/mol. The lowest BCUT2D eigenvalue weighted by atomic mass is 10.2.